The number of benzene rings is 1. The summed E-state index contributed by atoms with van der Waals surface area (Å²) in [5.74, 6) is -1.50. The van der Waals surface area contributed by atoms with Crippen LogP contribution in [0.3, 0.4) is 0 Å². The third-order valence-electron chi connectivity index (χ3n) is 1.83. The zero-order chi connectivity index (χ0) is 12.7. The highest BCUT2D eigenvalue weighted by atomic mass is 32.1. The summed E-state index contributed by atoms with van der Waals surface area (Å²) in [7, 11) is 0. The third-order valence-corrected chi connectivity index (χ3v) is 2.93. The summed E-state index contributed by atoms with van der Waals surface area (Å²) in [6.07, 6.45) is 0. The van der Waals surface area contributed by atoms with Crippen LogP contribution in [0.4, 0.5) is 8.78 Å². The molecule has 2 aromatic rings. The van der Waals surface area contributed by atoms with Crippen molar-refractivity contribution in [3.63, 3.8) is 0 Å². The molecular formula is C13H18F2S. The molecule has 0 atom stereocenters. The van der Waals surface area contributed by atoms with Gasteiger partial charge in [0, 0.05) is 0 Å². The van der Waals surface area contributed by atoms with E-state index in [1.165, 1.54) is 11.3 Å². The molecule has 0 aliphatic rings. The molecule has 16 heavy (non-hydrogen) atoms. The smallest absolute Gasteiger partial charge is 0.176 e. The number of thiophene rings is 1. The van der Waals surface area contributed by atoms with Gasteiger partial charge in [-0.05, 0) is 29.3 Å². The van der Waals surface area contributed by atoms with Gasteiger partial charge < -0.3 is 0 Å². The highest BCUT2D eigenvalue weighted by molar-refractivity contribution is 7.17. The van der Waals surface area contributed by atoms with Crippen molar-refractivity contribution in [2.24, 2.45) is 0 Å². The van der Waals surface area contributed by atoms with Gasteiger partial charge in [0.05, 0.1) is 4.70 Å². The monoisotopic (exact) mass is 244 g/mol. The van der Waals surface area contributed by atoms with Gasteiger partial charge in [-0.15, -0.1) is 11.3 Å². The van der Waals surface area contributed by atoms with E-state index in [9.17, 15) is 8.78 Å². The Morgan fingerprint density at radius 1 is 1.00 bits per heavy atom. The van der Waals surface area contributed by atoms with Gasteiger partial charge in [-0.2, -0.15) is 0 Å². The fourth-order valence-electron chi connectivity index (χ4n) is 1.17. The largest absolute Gasteiger partial charge is 0.204 e. The molecule has 0 fully saturated rings. The van der Waals surface area contributed by atoms with Crippen LogP contribution >= 0.6 is 11.3 Å². The van der Waals surface area contributed by atoms with E-state index in [-0.39, 0.29) is 0 Å². The Hall–Kier alpha value is -0.960. The van der Waals surface area contributed by atoms with Gasteiger partial charge in [-0.1, -0.05) is 33.8 Å². The predicted octanol–water partition coefficient (Wildman–Crippen LogP) is 5.54. The quantitative estimate of drug-likeness (QED) is 0.570. The first kappa shape index (κ1) is 15.0. The Kier molecular flexibility index (Phi) is 6.90. The maximum atomic E-state index is 13.0. The summed E-state index contributed by atoms with van der Waals surface area (Å²) in [5, 5.41) is 2.63. The van der Waals surface area contributed by atoms with Crippen molar-refractivity contribution in [1.82, 2.24) is 0 Å². The molecule has 0 aliphatic carbocycles. The van der Waals surface area contributed by atoms with Crippen LogP contribution in [0.1, 0.15) is 33.3 Å². The molecule has 90 valence electrons. The standard InChI is InChI=1S/C9H6F2S.2C2H6/c1-5-4-12-9-6(5)2-3-7(10)8(9)11;2*1-2/h2-4H,1H3;2*1-2H3. The molecule has 0 radical (unpaired) electrons. The first-order valence-corrected chi connectivity index (χ1v) is 6.40. The van der Waals surface area contributed by atoms with Gasteiger partial charge in [-0.3, -0.25) is 0 Å². The maximum Gasteiger partial charge on any atom is 0.176 e. The minimum atomic E-state index is -0.774. The summed E-state index contributed by atoms with van der Waals surface area (Å²) in [6, 6.07) is 2.77. The molecule has 0 saturated carbocycles. The number of fused-ring (bicyclic) bond motifs is 1. The lowest BCUT2D eigenvalue weighted by Crippen LogP contribution is -1.81. The zero-order valence-corrected chi connectivity index (χ0v) is 11.2. The van der Waals surface area contributed by atoms with Gasteiger partial charge >= 0.3 is 0 Å². The second-order valence-corrected chi connectivity index (χ2v) is 3.54. The minimum Gasteiger partial charge on any atom is -0.204 e. The summed E-state index contributed by atoms with van der Waals surface area (Å²) in [6.45, 7) is 9.89. The average molecular weight is 244 g/mol. The number of hydrogen-bond acceptors (Lipinski definition) is 1. The van der Waals surface area contributed by atoms with Gasteiger partial charge in [0.15, 0.2) is 11.6 Å². The Bertz CT molecular complexity index is 433. The van der Waals surface area contributed by atoms with E-state index in [0.29, 0.717) is 4.70 Å². The van der Waals surface area contributed by atoms with E-state index in [1.54, 1.807) is 6.07 Å². The van der Waals surface area contributed by atoms with E-state index >= 15 is 0 Å². The molecular weight excluding hydrogens is 226 g/mol. The van der Waals surface area contributed by atoms with Crippen LogP contribution in [0.15, 0.2) is 17.5 Å². The highest BCUT2D eigenvalue weighted by Gasteiger charge is 2.09. The van der Waals surface area contributed by atoms with Crippen LogP contribution in [0.5, 0.6) is 0 Å². The predicted molar refractivity (Wildman–Crippen MR) is 69.2 cm³/mol. The first-order chi connectivity index (χ1) is 7.70. The molecule has 1 heterocycles. The molecule has 1 aromatic carbocycles. The lowest BCUT2D eigenvalue weighted by molar-refractivity contribution is 0.518. The van der Waals surface area contributed by atoms with Crippen molar-refractivity contribution in [2.45, 2.75) is 34.6 Å². The molecule has 0 N–H and O–H groups in total. The molecule has 0 amide bonds. The van der Waals surface area contributed by atoms with Crippen LogP contribution < -0.4 is 0 Å². The molecule has 0 unspecified atom stereocenters. The van der Waals surface area contributed by atoms with Crippen LogP contribution in [-0.2, 0) is 0 Å². The van der Waals surface area contributed by atoms with Crippen LogP contribution in [0, 0.1) is 18.6 Å². The first-order valence-electron chi connectivity index (χ1n) is 5.52. The van der Waals surface area contributed by atoms with Crippen molar-refractivity contribution in [3.8, 4) is 0 Å². The molecule has 3 heteroatoms. The third kappa shape index (κ3) is 3.01. The molecule has 0 aliphatic heterocycles. The number of hydrogen-bond donors (Lipinski definition) is 0. The van der Waals surface area contributed by atoms with Crippen molar-refractivity contribution >= 4 is 21.4 Å². The van der Waals surface area contributed by atoms with Crippen LogP contribution in [0.2, 0.25) is 0 Å². The Morgan fingerprint density at radius 3 is 2.12 bits per heavy atom. The lowest BCUT2D eigenvalue weighted by Gasteiger charge is -1.94. The van der Waals surface area contributed by atoms with Crippen LogP contribution in [0.25, 0.3) is 10.1 Å². The maximum absolute atomic E-state index is 13.0. The number of aryl methyl sites for hydroxylation is 1. The fourth-order valence-corrected chi connectivity index (χ4v) is 2.15. The van der Waals surface area contributed by atoms with E-state index in [0.717, 1.165) is 17.0 Å². The second kappa shape index (κ2) is 7.34. The molecule has 1 aromatic heterocycles. The van der Waals surface area contributed by atoms with E-state index in [4.69, 9.17) is 0 Å². The van der Waals surface area contributed by atoms with Crippen molar-refractivity contribution < 1.29 is 8.78 Å². The van der Waals surface area contributed by atoms with Crippen LogP contribution in [-0.4, -0.2) is 0 Å². The summed E-state index contributed by atoms with van der Waals surface area (Å²) >= 11 is 1.24. The van der Waals surface area contributed by atoms with Crippen molar-refractivity contribution in [3.05, 3.63) is 34.7 Å². The van der Waals surface area contributed by atoms with E-state index in [1.807, 2.05) is 40.0 Å². The Balaban J connectivity index is 0.000000509. The SMILES string of the molecule is CC.CC.Cc1csc2c(F)c(F)ccc12. The summed E-state index contributed by atoms with van der Waals surface area (Å²) < 4.78 is 26.1. The molecule has 0 saturated heterocycles. The molecule has 0 nitrogen and oxygen atoms in total. The number of halogens is 2. The summed E-state index contributed by atoms with van der Waals surface area (Å²) in [4.78, 5) is 0. The van der Waals surface area contributed by atoms with E-state index in [2.05, 4.69) is 0 Å². The highest BCUT2D eigenvalue weighted by Crippen LogP contribution is 2.28. The molecule has 0 bridgehead atoms. The molecule has 0 spiro atoms. The second-order valence-electron chi connectivity index (χ2n) is 2.66. The van der Waals surface area contributed by atoms with Gasteiger partial charge in [0.2, 0.25) is 0 Å². The van der Waals surface area contributed by atoms with Crippen molar-refractivity contribution in [2.75, 3.05) is 0 Å². The number of rotatable bonds is 0. The van der Waals surface area contributed by atoms with Crippen molar-refractivity contribution in [1.29, 1.82) is 0 Å². The Morgan fingerprint density at radius 2 is 1.56 bits per heavy atom. The zero-order valence-electron chi connectivity index (χ0n) is 10.4. The molecule has 2 rings (SSSR count). The van der Waals surface area contributed by atoms with E-state index < -0.39 is 11.6 Å². The summed E-state index contributed by atoms with van der Waals surface area (Å²) in [5.41, 5.74) is 0.994. The van der Waals surface area contributed by atoms with Gasteiger partial charge in [-0.25, -0.2) is 8.78 Å². The normalized spacial score (nSPS) is 8.94. The topological polar surface area (TPSA) is 0 Å². The van der Waals surface area contributed by atoms with Gasteiger partial charge in [0.1, 0.15) is 0 Å². The lowest BCUT2D eigenvalue weighted by atomic mass is 10.2. The average Bonchev–Trinajstić information content (AvgIpc) is 2.72. The Labute approximate surface area is 99.9 Å². The minimum absolute atomic E-state index is 0.410. The van der Waals surface area contributed by atoms with Gasteiger partial charge in [0.25, 0.3) is 0 Å². The fraction of sp³-hybridized carbons (Fsp3) is 0.385.